The lowest BCUT2D eigenvalue weighted by Crippen LogP contribution is -2.38. The van der Waals surface area contributed by atoms with Gasteiger partial charge < -0.3 is 10.1 Å². The molecule has 1 aromatic rings. The molecule has 5 nitrogen and oxygen atoms in total. The summed E-state index contributed by atoms with van der Waals surface area (Å²) in [5, 5.41) is 3.14. The maximum Gasteiger partial charge on any atom is 0.244 e. The summed E-state index contributed by atoms with van der Waals surface area (Å²) in [6.45, 7) is 5.05. The number of nitrogens with one attached hydrogen (secondary N) is 2. The molecule has 7 heteroatoms. The number of hydrogen-bond donors (Lipinski definition) is 2. The van der Waals surface area contributed by atoms with Crippen molar-refractivity contribution in [3.05, 3.63) is 24.3 Å². The van der Waals surface area contributed by atoms with E-state index in [0.717, 1.165) is 6.54 Å². The van der Waals surface area contributed by atoms with Crippen LogP contribution in [0.1, 0.15) is 13.8 Å². The zero-order valence-corrected chi connectivity index (χ0v) is 13.0. The van der Waals surface area contributed by atoms with E-state index in [1.165, 1.54) is 13.2 Å². The maximum atomic E-state index is 12.1. The zero-order chi connectivity index (χ0) is 13.6. The number of para-hydroxylation sites is 1. The first-order valence-electron chi connectivity index (χ1n) is 5.87. The van der Waals surface area contributed by atoms with Gasteiger partial charge in [0.15, 0.2) is 0 Å². The minimum atomic E-state index is -3.53. The lowest BCUT2D eigenvalue weighted by atomic mass is 10.3. The highest BCUT2D eigenvalue weighted by Crippen LogP contribution is 2.22. The van der Waals surface area contributed by atoms with Crippen LogP contribution in [0, 0.1) is 0 Å². The molecule has 0 amide bonds. The molecule has 0 aromatic heterocycles. The first-order chi connectivity index (χ1) is 8.51. The van der Waals surface area contributed by atoms with Crippen molar-refractivity contribution in [2.45, 2.75) is 24.8 Å². The van der Waals surface area contributed by atoms with Crippen LogP contribution in [-0.4, -0.2) is 34.7 Å². The first kappa shape index (κ1) is 18.2. The summed E-state index contributed by atoms with van der Waals surface area (Å²) in [7, 11) is -2.08. The molecule has 1 rings (SSSR count). The molecule has 0 unspecified atom stereocenters. The predicted molar refractivity (Wildman–Crippen MR) is 78.6 cm³/mol. The van der Waals surface area contributed by atoms with Crippen molar-refractivity contribution in [3.63, 3.8) is 0 Å². The molecule has 0 spiro atoms. The van der Waals surface area contributed by atoms with E-state index in [0.29, 0.717) is 12.3 Å². The molecular formula is C12H21ClN2O3S. The van der Waals surface area contributed by atoms with Crippen molar-refractivity contribution in [1.29, 1.82) is 0 Å². The summed E-state index contributed by atoms with van der Waals surface area (Å²) in [6, 6.07) is 6.64. The molecule has 1 atom stereocenters. The summed E-state index contributed by atoms with van der Waals surface area (Å²) in [4.78, 5) is 0.163. The van der Waals surface area contributed by atoms with Crippen LogP contribution in [0.25, 0.3) is 0 Å². The largest absolute Gasteiger partial charge is 0.495 e. The Hall–Kier alpha value is -0.820. The van der Waals surface area contributed by atoms with E-state index < -0.39 is 10.0 Å². The van der Waals surface area contributed by atoms with Crippen LogP contribution in [-0.2, 0) is 10.0 Å². The summed E-state index contributed by atoms with van der Waals surface area (Å²) in [6.07, 6.45) is 0. The van der Waals surface area contributed by atoms with E-state index in [1.807, 2.05) is 13.8 Å². The molecule has 0 fully saturated rings. The topological polar surface area (TPSA) is 67.4 Å². The van der Waals surface area contributed by atoms with Gasteiger partial charge in [0.25, 0.3) is 0 Å². The highest BCUT2D eigenvalue weighted by Gasteiger charge is 2.19. The van der Waals surface area contributed by atoms with Gasteiger partial charge in [-0.3, -0.25) is 0 Å². The van der Waals surface area contributed by atoms with Gasteiger partial charge in [-0.15, -0.1) is 12.4 Å². The lowest BCUT2D eigenvalue weighted by Gasteiger charge is -2.14. The Balaban J connectivity index is 0.00000324. The van der Waals surface area contributed by atoms with Crippen molar-refractivity contribution in [2.75, 3.05) is 20.2 Å². The van der Waals surface area contributed by atoms with Crippen molar-refractivity contribution < 1.29 is 13.2 Å². The van der Waals surface area contributed by atoms with Gasteiger partial charge in [-0.2, -0.15) is 0 Å². The molecule has 0 bridgehead atoms. The predicted octanol–water partition coefficient (Wildman–Crippen LogP) is 1.39. The standard InChI is InChI=1S/C12H20N2O3S.ClH/c1-4-13-10(2)9-14-18(15,16)12-8-6-5-7-11(12)17-3;/h5-8,10,13-14H,4,9H2,1-3H3;1H/t10-;/m1./s1. The van der Waals surface area contributed by atoms with E-state index in [4.69, 9.17) is 4.74 Å². The third-order valence-corrected chi connectivity index (χ3v) is 3.95. The molecular weight excluding hydrogens is 288 g/mol. The van der Waals surface area contributed by atoms with Gasteiger partial charge in [-0.05, 0) is 25.6 Å². The lowest BCUT2D eigenvalue weighted by molar-refractivity contribution is 0.402. The second kappa shape index (κ2) is 8.37. The highest BCUT2D eigenvalue weighted by atomic mass is 35.5. The molecule has 0 radical (unpaired) electrons. The Bertz CT molecular complexity index is 480. The number of likely N-dealkylation sites (N-methyl/N-ethyl adjacent to an activating group) is 1. The number of rotatable bonds is 7. The SMILES string of the molecule is CCN[C@H](C)CNS(=O)(=O)c1ccccc1OC.Cl. The van der Waals surface area contributed by atoms with E-state index >= 15 is 0 Å². The van der Waals surface area contributed by atoms with Crippen molar-refractivity contribution in [2.24, 2.45) is 0 Å². The fourth-order valence-corrected chi connectivity index (χ4v) is 2.87. The van der Waals surface area contributed by atoms with Crippen LogP contribution in [0.2, 0.25) is 0 Å². The van der Waals surface area contributed by atoms with Crippen LogP contribution in [0.5, 0.6) is 5.75 Å². The highest BCUT2D eigenvalue weighted by molar-refractivity contribution is 7.89. The number of methoxy groups -OCH3 is 1. The maximum absolute atomic E-state index is 12.1. The van der Waals surface area contributed by atoms with Crippen LogP contribution >= 0.6 is 12.4 Å². The van der Waals surface area contributed by atoms with Crippen molar-refractivity contribution in [3.8, 4) is 5.75 Å². The van der Waals surface area contributed by atoms with Crippen LogP contribution in [0.15, 0.2) is 29.2 Å². The summed E-state index contributed by atoms with van der Waals surface area (Å²) >= 11 is 0. The van der Waals surface area contributed by atoms with Gasteiger partial charge in [0.2, 0.25) is 10.0 Å². The molecule has 0 aliphatic heterocycles. The second-order valence-corrected chi connectivity index (χ2v) is 5.70. The fraction of sp³-hybridized carbons (Fsp3) is 0.500. The molecule has 0 aliphatic rings. The minimum Gasteiger partial charge on any atom is -0.495 e. The van der Waals surface area contributed by atoms with Gasteiger partial charge in [-0.1, -0.05) is 19.1 Å². The number of sulfonamides is 1. The number of hydrogen-bond acceptors (Lipinski definition) is 4. The van der Waals surface area contributed by atoms with Crippen molar-refractivity contribution in [1.82, 2.24) is 10.0 Å². The third kappa shape index (κ3) is 5.36. The Morgan fingerprint density at radius 1 is 1.32 bits per heavy atom. The second-order valence-electron chi connectivity index (χ2n) is 3.96. The summed E-state index contributed by atoms with van der Waals surface area (Å²) < 4.78 is 31.8. The number of benzene rings is 1. The molecule has 1 aromatic carbocycles. The van der Waals surface area contributed by atoms with Gasteiger partial charge in [0.05, 0.1) is 7.11 Å². The monoisotopic (exact) mass is 308 g/mol. The van der Waals surface area contributed by atoms with Crippen LogP contribution in [0.4, 0.5) is 0 Å². The quantitative estimate of drug-likeness (QED) is 0.799. The molecule has 19 heavy (non-hydrogen) atoms. The molecule has 110 valence electrons. The first-order valence-corrected chi connectivity index (χ1v) is 7.35. The Labute approximate surface area is 121 Å². The van der Waals surface area contributed by atoms with E-state index in [2.05, 4.69) is 10.0 Å². The molecule has 0 heterocycles. The number of ether oxygens (including phenoxy) is 1. The summed E-state index contributed by atoms with van der Waals surface area (Å²) in [5.41, 5.74) is 0. The Morgan fingerprint density at radius 3 is 2.53 bits per heavy atom. The van der Waals surface area contributed by atoms with E-state index in [1.54, 1.807) is 18.2 Å². The molecule has 0 saturated carbocycles. The van der Waals surface area contributed by atoms with E-state index in [9.17, 15) is 8.42 Å². The van der Waals surface area contributed by atoms with Gasteiger partial charge >= 0.3 is 0 Å². The molecule has 0 aliphatic carbocycles. The minimum absolute atomic E-state index is 0. The summed E-state index contributed by atoms with van der Waals surface area (Å²) in [5.74, 6) is 0.348. The van der Waals surface area contributed by atoms with E-state index in [-0.39, 0.29) is 23.3 Å². The molecule has 2 N–H and O–H groups in total. The van der Waals surface area contributed by atoms with Gasteiger partial charge in [0, 0.05) is 12.6 Å². The average molecular weight is 309 g/mol. The normalized spacial score (nSPS) is 12.6. The zero-order valence-electron chi connectivity index (χ0n) is 11.3. The van der Waals surface area contributed by atoms with Crippen molar-refractivity contribution >= 4 is 22.4 Å². The Morgan fingerprint density at radius 2 is 1.95 bits per heavy atom. The average Bonchev–Trinajstić information content (AvgIpc) is 2.37. The van der Waals surface area contributed by atoms with Crippen LogP contribution in [0.3, 0.4) is 0 Å². The molecule has 0 saturated heterocycles. The Kier molecular flexibility index (Phi) is 8.01. The van der Waals surface area contributed by atoms with Gasteiger partial charge in [0.1, 0.15) is 10.6 Å². The fourth-order valence-electron chi connectivity index (χ4n) is 1.57. The smallest absolute Gasteiger partial charge is 0.244 e. The number of halogens is 1. The third-order valence-electron chi connectivity index (χ3n) is 2.49. The van der Waals surface area contributed by atoms with Crippen LogP contribution < -0.4 is 14.8 Å². The van der Waals surface area contributed by atoms with Gasteiger partial charge in [-0.25, -0.2) is 13.1 Å².